The molecule has 0 unspecified atom stereocenters. The van der Waals surface area contributed by atoms with Crippen LogP contribution in [0.3, 0.4) is 0 Å². The fourth-order valence-electron chi connectivity index (χ4n) is 16.6. The lowest BCUT2D eigenvalue weighted by Gasteiger charge is -2.46. The van der Waals surface area contributed by atoms with Gasteiger partial charge in [-0.15, -0.1) is 0 Å². The number of benzene rings is 16. The largest absolute Gasteiger partial charge is 0.310 e. The monoisotopic (exact) mass is 1230 g/mol. The van der Waals surface area contributed by atoms with Gasteiger partial charge in [0.1, 0.15) is 0 Å². The van der Waals surface area contributed by atoms with E-state index in [9.17, 15) is 0 Å². The quantitative estimate of drug-likeness (QED) is 0.106. The van der Waals surface area contributed by atoms with E-state index in [2.05, 4.69) is 377 Å². The zero-order valence-corrected chi connectivity index (χ0v) is 52.9. The maximum absolute atomic E-state index is 2.69. The molecule has 0 N–H and O–H groups in total. The summed E-state index contributed by atoms with van der Waals surface area (Å²) in [5, 5.41) is 9.67. The molecule has 0 saturated carbocycles. The number of nitrogens with zero attached hydrogens (tertiary/aromatic N) is 4. The summed E-state index contributed by atoms with van der Waals surface area (Å²) in [5.74, 6) is 0. The summed E-state index contributed by atoms with van der Waals surface area (Å²) in [6.45, 7) is -0.256. The molecule has 18 aromatic rings. The summed E-state index contributed by atoms with van der Waals surface area (Å²) in [6.07, 6.45) is 0. The van der Waals surface area contributed by atoms with Gasteiger partial charge in [0.2, 0.25) is 0 Å². The Bertz CT molecular complexity index is 5620. The first kappa shape index (κ1) is 54.8. The summed E-state index contributed by atoms with van der Waals surface area (Å²) in [4.78, 5) is 5.39. The standard InChI is InChI=1S/C92H59BN4/c1-5-27-60(28-6-1)71-43-25-44-72(61-29-7-2-8-30-61)91(71)96-85-58-67(94-81-47-21-17-39-75(81)76-40-18-22-48-82(76)94)51-53-79(85)93-80-54-52-68(95-83-49-23-19-41-77(83)78-42-20-24-50-84(78)95)59-86(80)97(92-73(62-31-9-3-10-32-62)45-26-46-74(92)63-33-11-4-12-34-63)88-57-66(56-87(96)90(88)93)89-69-37-15-13-35-64(69)55-65-36-14-16-38-70(65)89/h1-59H. The van der Waals surface area contributed by atoms with Crippen molar-refractivity contribution in [2.45, 2.75) is 0 Å². The summed E-state index contributed by atoms with van der Waals surface area (Å²) in [5.41, 5.74) is 28.5. The van der Waals surface area contributed by atoms with Crippen molar-refractivity contribution in [2.24, 2.45) is 0 Å². The molecule has 450 valence electrons. The number of hydrogen-bond donors (Lipinski definition) is 0. The third-order valence-corrected chi connectivity index (χ3v) is 20.6. The zero-order valence-electron chi connectivity index (χ0n) is 52.9. The minimum Gasteiger partial charge on any atom is -0.310 e. The molecular weight excluding hydrogens is 1170 g/mol. The van der Waals surface area contributed by atoms with Crippen LogP contribution in [-0.2, 0) is 0 Å². The zero-order chi connectivity index (χ0) is 63.7. The van der Waals surface area contributed by atoms with Crippen LogP contribution in [0, 0.1) is 0 Å². The van der Waals surface area contributed by atoms with Gasteiger partial charge in [-0.3, -0.25) is 0 Å². The van der Waals surface area contributed by atoms with E-state index in [1.165, 1.54) is 65.0 Å². The maximum Gasteiger partial charge on any atom is 0.252 e. The van der Waals surface area contributed by atoms with E-state index in [0.29, 0.717) is 0 Å². The number of hydrogen-bond acceptors (Lipinski definition) is 2. The molecule has 0 atom stereocenters. The van der Waals surface area contributed by atoms with Crippen molar-refractivity contribution in [2.75, 3.05) is 9.80 Å². The first-order valence-corrected chi connectivity index (χ1v) is 33.6. The summed E-state index contributed by atoms with van der Waals surface area (Å²) in [6, 6.07) is 134. The Labute approximate surface area is 562 Å². The van der Waals surface area contributed by atoms with Crippen molar-refractivity contribution in [3.8, 4) is 67.0 Å². The molecule has 2 aliphatic heterocycles. The summed E-state index contributed by atoms with van der Waals surface area (Å²) in [7, 11) is 0. The molecule has 97 heavy (non-hydrogen) atoms. The number of aromatic nitrogens is 2. The summed E-state index contributed by atoms with van der Waals surface area (Å²) < 4.78 is 4.98. The Morgan fingerprint density at radius 2 is 0.526 bits per heavy atom. The highest BCUT2D eigenvalue weighted by molar-refractivity contribution is 7.00. The topological polar surface area (TPSA) is 16.3 Å². The molecule has 2 aromatic heterocycles. The third-order valence-electron chi connectivity index (χ3n) is 20.6. The Morgan fingerprint density at radius 3 is 0.876 bits per heavy atom. The highest BCUT2D eigenvalue weighted by Crippen LogP contribution is 2.55. The van der Waals surface area contributed by atoms with Crippen LogP contribution < -0.4 is 26.2 Å². The Hall–Kier alpha value is -12.7. The molecule has 16 aromatic carbocycles. The molecule has 2 aliphatic rings. The fourth-order valence-corrected chi connectivity index (χ4v) is 16.6. The van der Waals surface area contributed by atoms with Crippen LogP contribution in [0.4, 0.5) is 34.1 Å². The molecule has 4 nitrogen and oxygen atoms in total. The minimum atomic E-state index is -0.256. The van der Waals surface area contributed by atoms with E-state index in [0.717, 1.165) is 118 Å². The number of para-hydroxylation sites is 6. The maximum atomic E-state index is 2.69. The molecular formula is C92H59BN4. The molecule has 0 radical (unpaired) electrons. The van der Waals surface area contributed by atoms with Crippen LogP contribution in [0.1, 0.15) is 0 Å². The van der Waals surface area contributed by atoms with E-state index in [1.54, 1.807) is 0 Å². The SMILES string of the molecule is c1ccc(-c2cccc(-c3ccccc3)c2N2c3cc(-n4c5ccccc5c5ccccc54)ccc3B3c4ccc(-n5c6ccccc6c6ccccc65)cc4N(c4c(-c5ccccc5)cccc4-c4ccccc4)c4cc(-c5c6ccccc6cc6ccccc56)cc2c43)cc1. The molecule has 0 spiro atoms. The number of fused-ring (bicyclic) bond motifs is 12. The molecule has 5 heteroatoms. The number of anilines is 6. The molecule has 0 bridgehead atoms. The molecule has 0 amide bonds. The van der Waals surface area contributed by atoms with Crippen molar-refractivity contribution in [1.82, 2.24) is 9.13 Å². The van der Waals surface area contributed by atoms with Crippen LogP contribution in [-0.4, -0.2) is 15.8 Å². The second-order valence-corrected chi connectivity index (χ2v) is 25.8. The van der Waals surface area contributed by atoms with Gasteiger partial charge in [0.05, 0.1) is 33.4 Å². The Morgan fingerprint density at radius 1 is 0.216 bits per heavy atom. The van der Waals surface area contributed by atoms with E-state index in [1.807, 2.05) is 0 Å². The summed E-state index contributed by atoms with van der Waals surface area (Å²) >= 11 is 0. The van der Waals surface area contributed by atoms with Crippen LogP contribution in [0.25, 0.3) is 132 Å². The van der Waals surface area contributed by atoms with Gasteiger partial charge in [-0.2, -0.15) is 0 Å². The van der Waals surface area contributed by atoms with Crippen LogP contribution >= 0.6 is 0 Å². The van der Waals surface area contributed by atoms with Gasteiger partial charge in [-0.05, 0) is 138 Å². The average Bonchev–Trinajstić information content (AvgIpc) is 1.02. The normalized spacial score (nSPS) is 12.5. The van der Waals surface area contributed by atoms with E-state index < -0.39 is 0 Å². The van der Waals surface area contributed by atoms with Crippen LogP contribution in [0.2, 0.25) is 0 Å². The Balaban J connectivity index is 0.996. The van der Waals surface area contributed by atoms with Crippen molar-refractivity contribution >= 4 is 122 Å². The van der Waals surface area contributed by atoms with Crippen molar-refractivity contribution in [3.05, 3.63) is 358 Å². The molecule has 0 fully saturated rings. The minimum absolute atomic E-state index is 0.256. The van der Waals surface area contributed by atoms with Gasteiger partial charge >= 0.3 is 0 Å². The highest BCUT2D eigenvalue weighted by atomic mass is 15.2. The number of rotatable bonds is 9. The predicted molar refractivity (Wildman–Crippen MR) is 411 cm³/mol. The second kappa shape index (κ2) is 22.0. The van der Waals surface area contributed by atoms with E-state index >= 15 is 0 Å². The van der Waals surface area contributed by atoms with Crippen molar-refractivity contribution in [3.63, 3.8) is 0 Å². The lowest BCUT2D eigenvalue weighted by Crippen LogP contribution is -2.61. The highest BCUT2D eigenvalue weighted by Gasteiger charge is 2.46. The first-order valence-electron chi connectivity index (χ1n) is 33.6. The molecule has 0 saturated heterocycles. The lowest BCUT2D eigenvalue weighted by atomic mass is 9.33. The molecule has 20 rings (SSSR count). The Kier molecular flexibility index (Phi) is 12.4. The average molecular weight is 1230 g/mol. The molecule has 4 heterocycles. The second-order valence-electron chi connectivity index (χ2n) is 25.8. The smallest absolute Gasteiger partial charge is 0.252 e. The van der Waals surface area contributed by atoms with Gasteiger partial charge in [-0.25, -0.2) is 0 Å². The third kappa shape index (κ3) is 8.45. The first-order chi connectivity index (χ1) is 48.2. The van der Waals surface area contributed by atoms with E-state index in [4.69, 9.17) is 0 Å². The van der Waals surface area contributed by atoms with Crippen molar-refractivity contribution in [1.29, 1.82) is 0 Å². The van der Waals surface area contributed by atoms with Gasteiger partial charge in [0.15, 0.2) is 0 Å². The van der Waals surface area contributed by atoms with Gasteiger partial charge in [0.25, 0.3) is 6.71 Å². The lowest BCUT2D eigenvalue weighted by molar-refractivity contribution is 1.17. The van der Waals surface area contributed by atoms with Gasteiger partial charge in [-0.1, -0.05) is 291 Å². The predicted octanol–water partition coefficient (Wildman–Crippen LogP) is 22.6. The van der Waals surface area contributed by atoms with Crippen LogP contribution in [0.15, 0.2) is 358 Å². The fraction of sp³-hybridized carbons (Fsp3) is 0. The van der Waals surface area contributed by atoms with E-state index in [-0.39, 0.29) is 6.71 Å². The molecule has 0 aliphatic carbocycles. The van der Waals surface area contributed by atoms with Crippen molar-refractivity contribution < 1.29 is 0 Å². The van der Waals surface area contributed by atoms with Gasteiger partial charge in [0, 0.05) is 77.9 Å². The van der Waals surface area contributed by atoms with Gasteiger partial charge < -0.3 is 18.9 Å². The van der Waals surface area contributed by atoms with Crippen LogP contribution in [0.5, 0.6) is 0 Å².